The zero-order valence-electron chi connectivity index (χ0n) is 8.93. The average Bonchev–Trinajstić information content (AvgIpc) is 1.98. The summed E-state index contributed by atoms with van der Waals surface area (Å²) in [7, 11) is 0. The smallest absolute Gasteiger partial charge is 0.438 e. The quantitative estimate of drug-likeness (QED) is 0.628. The molecule has 0 aromatic heterocycles. The summed E-state index contributed by atoms with van der Waals surface area (Å²) in [6.45, 7) is 8.55. The third kappa shape index (κ3) is 4.70. The highest BCUT2D eigenvalue weighted by Crippen LogP contribution is 2.13. The predicted molar refractivity (Wildman–Crippen MR) is 48.9 cm³/mol. The van der Waals surface area contributed by atoms with E-state index in [4.69, 9.17) is 4.74 Å². The topological polar surface area (TPSA) is 29.5 Å². The Morgan fingerprint density at radius 3 is 2.31 bits per heavy atom. The van der Waals surface area contributed by atoms with Gasteiger partial charge in [-0.15, -0.1) is 5.12 Å². The van der Waals surface area contributed by atoms with Gasteiger partial charge in [-0.2, -0.15) is 0 Å². The maximum atomic E-state index is 13.1. The van der Waals surface area contributed by atoms with E-state index >= 15 is 0 Å². The lowest BCUT2D eigenvalue weighted by Gasteiger charge is -2.24. The molecule has 1 amide bonds. The van der Waals surface area contributed by atoms with E-state index in [1.54, 1.807) is 27.7 Å². The average molecular weight is 191 g/mol. The number of hydrogen-bond acceptors (Lipinski definition) is 2. The van der Waals surface area contributed by atoms with Gasteiger partial charge in [-0.05, 0) is 34.1 Å². The minimum absolute atomic E-state index is 0.130. The third-order valence-electron chi connectivity index (χ3n) is 1.55. The minimum Gasteiger partial charge on any atom is -0.442 e. The van der Waals surface area contributed by atoms with Crippen molar-refractivity contribution in [1.82, 2.24) is 5.12 Å². The normalized spacial score (nSPS) is 13.7. The molecule has 0 radical (unpaired) electrons. The zero-order chi connectivity index (χ0) is 10.6. The van der Waals surface area contributed by atoms with Crippen LogP contribution in [0.15, 0.2) is 0 Å². The van der Waals surface area contributed by atoms with Crippen molar-refractivity contribution in [2.45, 2.75) is 52.7 Å². The van der Waals surface area contributed by atoms with Crippen LogP contribution in [0.3, 0.4) is 0 Å². The molecular formula is C9H18FNO2. The van der Waals surface area contributed by atoms with Gasteiger partial charge in [0.1, 0.15) is 5.60 Å². The van der Waals surface area contributed by atoms with E-state index in [0.717, 1.165) is 0 Å². The summed E-state index contributed by atoms with van der Waals surface area (Å²) < 4.78 is 17.9. The maximum absolute atomic E-state index is 13.1. The summed E-state index contributed by atoms with van der Waals surface area (Å²) >= 11 is 0. The second-order valence-electron chi connectivity index (χ2n) is 4.05. The molecule has 0 aromatic carbocycles. The fourth-order valence-electron chi connectivity index (χ4n) is 0.646. The lowest BCUT2D eigenvalue weighted by atomic mass is 10.2. The van der Waals surface area contributed by atoms with E-state index in [9.17, 15) is 9.28 Å². The molecule has 13 heavy (non-hydrogen) atoms. The second-order valence-corrected chi connectivity index (χ2v) is 4.05. The fraction of sp³-hybridized carbons (Fsp3) is 0.889. The summed E-state index contributed by atoms with van der Waals surface area (Å²) in [6, 6.07) is -0.435. The van der Waals surface area contributed by atoms with Crippen molar-refractivity contribution < 1.29 is 14.0 Å². The molecule has 1 atom stereocenters. The van der Waals surface area contributed by atoms with Crippen LogP contribution in [0.2, 0.25) is 0 Å². The Labute approximate surface area is 78.8 Å². The van der Waals surface area contributed by atoms with Crippen molar-refractivity contribution in [3.63, 3.8) is 0 Å². The molecule has 0 N–H and O–H groups in total. The van der Waals surface area contributed by atoms with Gasteiger partial charge >= 0.3 is 6.09 Å². The number of hydrogen-bond donors (Lipinski definition) is 0. The van der Waals surface area contributed by atoms with Crippen LogP contribution in [0, 0.1) is 0 Å². The maximum Gasteiger partial charge on any atom is 0.438 e. The van der Waals surface area contributed by atoms with Gasteiger partial charge in [-0.1, -0.05) is 11.4 Å². The van der Waals surface area contributed by atoms with E-state index in [1.165, 1.54) is 0 Å². The molecule has 0 aliphatic carbocycles. The molecule has 0 spiro atoms. The molecular weight excluding hydrogens is 173 g/mol. The number of rotatable bonds is 2. The first-order valence-corrected chi connectivity index (χ1v) is 4.46. The van der Waals surface area contributed by atoms with E-state index in [1.807, 2.05) is 6.92 Å². The van der Waals surface area contributed by atoms with Crippen LogP contribution < -0.4 is 0 Å². The van der Waals surface area contributed by atoms with Crippen molar-refractivity contribution in [1.29, 1.82) is 0 Å². The van der Waals surface area contributed by atoms with Gasteiger partial charge in [0.15, 0.2) is 0 Å². The van der Waals surface area contributed by atoms with E-state index < -0.39 is 17.7 Å². The van der Waals surface area contributed by atoms with Crippen molar-refractivity contribution in [3.8, 4) is 0 Å². The number of halogens is 1. The summed E-state index contributed by atoms with van der Waals surface area (Å²) in [5.74, 6) is 0. The number of nitrogens with zero attached hydrogens (tertiary/aromatic N) is 1. The summed E-state index contributed by atoms with van der Waals surface area (Å²) in [5.41, 5.74) is -0.644. The molecule has 0 aliphatic heterocycles. The molecule has 0 saturated heterocycles. The molecule has 78 valence electrons. The van der Waals surface area contributed by atoms with Crippen LogP contribution in [-0.2, 0) is 4.74 Å². The van der Waals surface area contributed by atoms with Gasteiger partial charge in [-0.25, -0.2) is 4.79 Å². The Bertz CT molecular complexity index is 177. The summed E-state index contributed by atoms with van der Waals surface area (Å²) in [6.07, 6.45) is -0.350. The first kappa shape index (κ1) is 12.2. The first-order valence-electron chi connectivity index (χ1n) is 4.46. The van der Waals surface area contributed by atoms with Crippen LogP contribution in [-0.4, -0.2) is 22.9 Å². The number of ether oxygens (including phenoxy) is 1. The van der Waals surface area contributed by atoms with Crippen molar-refractivity contribution >= 4 is 6.09 Å². The van der Waals surface area contributed by atoms with Crippen molar-refractivity contribution in [2.24, 2.45) is 0 Å². The molecule has 0 bridgehead atoms. The van der Waals surface area contributed by atoms with Crippen LogP contribution in [0.1, 0.15) is 41.0 Å². The van der Waals surface area contributed by atoms with Gasteiger partial charge in [0.25, 0.3) is 0 Å². The minimum atomic E-state index is -0.915. The summed E-state index contributed by atoms with van der Waals surface area (Å²) in [5, 5.41) is 0.130. The number of carbonyl (C=O) groups excluding carboxylic acids is 1. The van der Waals surface area contributed by atoms with Gasteiger partial charge in [0.2, 0.25) is 0 Å². The van der Waals surface area contributed by atoms with Crippen molar-refractivity contribution in [3.05, 3.63) is 0 Å². The van der Waals surface area contributed by atoms with Crippen LogP contribution >= 0.6 is 0 Å². The molecule has 3 nitrogen and oxygen atoms in total. The monoisotopic (exact) mass is 191 g/mol. The first-order chi connectivity index (χ1) is 5.78. The van der Waals surface area contributed by atoms with Crippen LogP contribution in [0.5, 0.6) is 0 Å². The van der Waals surface area contributed by atoms with E-state index in [-0.39, 0.29) is 5.12 Å². The second kappa shape index (κ2) is 4.44. The standard InChI is InChI=1S/C9H18FNO2/c1-6-7(2)11(10)8(12)13-9(3,4)5/h7H,6H2,1-5H3. The van der Waals surface area contributed by atoms with Crippen LogP contribution in [0.4, 0.5) is 9.28 Å². The summed E-state index contributed by atoms with van der Waals surface area (Å²) in [4.78, 5) is 11.1. The van der Waals surface area contributed by atoms with Gasteiger partial charge in [0, 0.05) is 0 Å². The molecule has 0 aromatic rings. The molecule has 0 aliphatic rings. The molecule has 0 heterocycles. The van der Waals surface area contributed by atoms with Crippen molar-refractivity contribution in [2.75, 3.05) is 0 Å². The molecule has 1 unspecified atom stereocenters. The molecule has 0 saturated carbocycles. The Balaban J connectivity index is 4.12. The largest absolute Gasteiger partial charge is 0.442 e. The van der Waals surface area contributed by atoms with Gasteiger partial charge in [-0.3, -0.25) is 0 Å². The highest BCUT2D eigenvalue weighted by molar-refractivity contribution is 5.67. The Hall–Kier alpha value is -0.800. The van der Waals surface area contributed by atoms with Gasteiger partial charge < -0.3 is 4.74 Å². The predicted octanol–water partition coefficient (Wildman–Crippen LogP) is 2.91. The lowest BCUT2D eigenvalue weighted by Crippen LogP contribution is -2.36. The SMILES string of the molecule is CCC(C)N(F)C(=O)OC(C)(C)C. The lowest BCUT2D eigenvalue weighted by molar-refractivity contribution is -0.0493. The molecule has 0 fully saturated rings. The Morgan fingerprint density at radius 1 is 1.54 bits per heavy atom. The highest BCUT2D eigenvalue weighted by atomic mass is 19.2. The number of amides is 1. The Kier molecular flexibility index (Phi) is 4.17. The zero-order valence-corrected chi connectivity index (χ0v) is 8.93. The van der Waals surface area contributed by atoms with Gasteiger partial charge in [0.05, 0.1) is 6.04 Å². The van der Waals surface area contributed by atoms with E-state index in [0.29, 0.717) is 6.42 Å². The van der Waals surface area contributed by atoms with Crippen LogP contribution in [0.25, 0.3) is 0 Å². The highest BCUT2D eigenvalue weighted by Gasteiger charge is 2.25. The Morgan fingerprint density at radius 2 is 2.00 bits per heavy atom. The molecule has 0 rings (SSSR count). The number of carbonyl (C=O) groups is 1. The molecule has 4 heteroatoms. The third-order valence-corrected chi connectivity index (χ3v) is 1.55. The van der Waals surface area contributed by atoms with E-state index in [2.05, 4.69) is 0 Å². The fourth-order valence-corrected chi connectivity index (χ4v) is 0.646.